The second-order valence-electron chi connectivity index (χ2n) is 6.30. The van der Waals surface area contributed by atoms with Gasteiger partial charge >= 0.3 is 0 Å². The minimum absolute atomic E-state index is 0.154. The van der Waals surface area contributed by atoms with Gasteiger partial charge in [-0.2, -0.15) is 0 Å². The van der Waals surface area contributed by atoms with E-state index >= 15 is 0 Å². The van der Waals surface area contributed by atoms with Crippen LogP contribution >= 0.6 is 11.3 Å². The Kier molecular flexibility index (Phi) is 5.35. The highest BCUT2D eigenvalue weighted by atomic mass is 32.1. The normalized spacial score (nSPS) is 26.0. The van der Waals surface area contributed by atoms with Crippen LogP contribution in [0.2, 0.25) is 0 Å². The van der Waals surface area contributed by atoms with Crippen molar-refractivity contribution in [3.63, 3.8) is 0 Å². The van der Waals surface area contributed by atoms with E-state index in [1.54, 1.807) is 0 Å². The Labute approximate surface area is 132 Å². The molecule has 0 aromatic carbocycles. The van der Waals surface area contributed by atoms with Crippen molar-refractivity contribution in [1.29, 1.82) is 0 Å². The van der Waals surface area contributed by atoms with Crippen LogP contribution in [-0.2, 0) is 6.54 Å². The van der Waals surface area contributed by atoms with E-state index in [0.717, 1.165) is 24.1 Å². The second kappa shape index (κ2) is 7.45. The molecule has 0 radical (unpaired) electrons. The van der Waals surface area contributed by atoms with Crippen LogP contribution < -0.4 is 0 Å². The van der Waals surface area contributed by atoms with Gasteiger partial charge in [-0.05, 0) is 44.2 Å². The van der Waals surface area contributed by atoms with E-state index in [0.29, 0.717) is 6.42 Å². The highest BCUT2D eigenvalue weighted by molar-refractivity contribution is 7.10. The van der Waals surface area contributed by atoms with Gasteiger partial charge in [0.05, 0.1) is 6.61 Å². The van der Waals surface area contributed by atoms with Crippen LogP contribution in [-0.4, -0.2) is 29.2 Å². The first kappa shape index (κ1) is 15.1. The monoisotopic (exact) mass is 303 g/mol. The molecule has 21 heavy (non-hydrogen) atoms. The van der Waals surface area contributed by atoms with Crippen LogP contribution in [0, 0.1) is 17.8 Å². The fourth-order valence-corrected chi connectivity index (χ4v) is 4.71. The molecule has 0 spiro atoms. The Morgan fingerprint density at radius 3 is 3.00 bits per heavy atom. The molecule has 1 aliphatic carbocycles. The van der Waals surface area contributed by atoms with E-state index in [4.69, 9.17) is 5.11 Å². The largest absolute Gasteiger partial charge is 0.395 e. The summed E-state index contributed by atoms with van der Waals surface area (Å²) in [6.45, 7) is 2.53. The number of hydrogen-bond acceptors (Lipinski definition) is 3. The van der Waals surface area contributed by atoms with Crippen molar-refractivity contribution >= 4 is 11.3 Å². The van der Waals surface area contributed by atoms with E-state index < -0.39 is 0 Å². The molecule has 2 heterocycles. The van der Waals surface area contributed by atoms with Crippen LogP contribution in [0.1, 0.15) is 55.4 Å². The summed E-state index contributed by atoms with van der Waals surface area (Å²) in [5.74, 6) is 7.10. The molecule has 2 fully saturated rings. The van der Waals surface area contributed by atoms with Crippen molar-refractivity contribution in [3.05, 3.63) is 21.9 Å². The van der Waals surface area contributed by atoms with Crippen molar-refractivity contribution in [2.75, 3.05) is 13.2 Å². The Balaban J connectivity index is 1.62. The molecule has 2 aliphatic rings. The molecule has 3 rings (SSSR count). The number of hydrogen-bond donors (Lipinski definition) is 1. The molecule has 1 aromatic rings. The van der Waals surface area contributed by atoms with Crippen LogP contribution in [0.15, 0.2) is 11.4 Å². The predicted molar refractivity (Wildman–Crippen MR) is 88.3 cm³/mol. The van der Waals surface area contributed by atoms with Gasteiger partial charge in [0.25, 0.3) is 0 Å². The number of aliphatic hydroxyl groups excluding tert-OH is 1. The standard InChI is InChI=1S/C18H25NOS/c20-11-4-3-6-15-12-17(21-14-15)13-19-10-5-8-16-7-1-2-9-18(16)19/h12,14,16,18,20H,1-2,4-5,7-11,13H2/t16-,18-/m1/s1. The third-order valence-corrected chi connectivity index (χ3v) is 5.76. The summed E-state index contributed by atoms with van der Waals surface area (Å²) in [5, 5.41) is 10.9. The Bertz CT molecular complexity index is 511. The van der Waals surface area contributed by atoms with Gasteiger partial charge in [-0.1, -0.05) is 24.7 Å². The van der Waals surface area contributed by atoms with Crippen molar-refractivity contribution < 1.29 is 5.11 Å². The summed E-state index contributed by atoms with van der Waals surface area (Å²) in [4.78, 5) is 4.17. The predicted octanol–water partition coefficient (Wildman–Crippen LogP) is 3.64. The lowest BCUT2D eigenvalue weighted by atomic mass is 9.78. The first-order valence-corrected chi connectivity index (χ1v) is 9.16. The minimum Gasteiger partial charge on any atom is -0.395 e. The lowest BCUT2D eigenvalue weighted by Gasteiger charge is -2.44. The number of thiophene rings is 1. The van der Waals surface area contributed by atoms with Crippen molar-refractivity contribution in [2.24, 2.45) is 5.92 Å². The average molecular weight is 303 g/mol. The highest BCUT2D eigenvalue weighted by Gasteiger charge is 2.33. The van der Waals surface area contributed by atoms with Gasteiger partial charge in [-0.15, -0.1) is 11.3 Å². The van der Waals surface area contributed by atoms with E-state index in [9.17, 15) is 0 Å². The highest BCUT2D eigenvalue weighted by Crippen LogP contribution is 2.36. The molecule has 0 unspecified atom stereocenters. The third kappa shape index (κ3) is 3.88. The van der Waals surface area contributed by atoms with Crippen LogP contribution in [0.25, 0.3) is 0 Å². The Hall–Kier alpha value is -0.820. The van der Waals surface area contributed by atoms with Crippen LogP contribution in [0.3, 0.4) is 0 Å². The van der Waals surface area contributed by atoms with Crippen LogP contribution in [0.5, 0.6) is 0 Å². The van der Waals surface area contributed by atoms with Gasteiger partial charge < -0.3 is 5.11 Å². The summed E-state index contributed by atoms with van der Waals surface area (Å²) in [7, 11) is 0. The quantitative estimate of drug-likeness (QED) is 0.862. The SMILES string of the molecule is OCCC#Cc1csc(CN2CCC[C@H]3CCCC[C@H]32)c1. The summed E-state index contributed by atoms with van der Waals surface area (Å²) in [6, 6.07) is 3.07. The minimum atomic E-state index is 0.154. The zero-order chi connectivity index (χ0) is 14.5. The van der Waals surface area contributed by atoms with E-state index in [1.807, 2.05) is 11.3 Å². The summed E-state index contributed by atoms with van der Waals surface area (Å²) in [5.41, 5.74) is 1.11. The van der Waals surface area contributed by atoms with Gasteiger partial charge in [0.2, 0.25) is 0 Å². The maximum absolute atomic E-state index is 8.77. The molecule has 2 atom stereocenters. The summed E-state index contributed by atoms with van der Waals surface area (Å²) in [6.07, 6.45) is 9.10. The number of piperidine rings is 1. The Morgan fingerprint density at radius 2 is 2.10 bits per heavy atom. The van der Waals surface area contributed by atoms with E-state index in [-0.39, 0.29) is 6.61 Å². The smallest absolute Gasteiger partial charge is 0.0540 e. The lowest BCUT2D eigenvalue weighted by Crippen LogP contribution is -2.46. The average Bonchev–Trinajstić information content (AvgIpc) is 2.96. The van der Waals surface area contributed by atoms with Gasteiger partial charge in [0, 0.05) is 34.8 Å². The van der Waals surface area contributed by atoms with Gasteiger partial charge in [0.15, 0.2) is 0 Å². The molecular formula is C18H25NOS. The first-order valence-electron chi connectivity index (χ1n) is 8.28. The molecule has 1 aromatic heterocycles. The lowest BCUT2D eigenvalue weighted by molar-refractivity contribution is 0.0555. The molecule has 3 heteroatoms. The molecule has 1 saturated heterocycles. The topological polar surface area (TPSA) is 23.5 Å². The second-order valence-corrected chi connectivity index (χ2v) is 7.30. The number of nitrogens with zero attached hydrogens (tertiary/aromatic N) is 1. The maximum Gasteiger partial charge on any atom is 0.0540 e. The maximum atomic E-state index is 8.77. The fraction of sp³-hybridized carbons (Fsp3) is 0.667. The van der Waals surface area contributed by atoms with Crippen molar-refractivity contribution in [2.45, 2.75) is 57.5 Å². The van der Waals surface area contributed by atoms with Crippen molar-refractivity contribution in [3.8, 4) is 11.8 Å². The third-order valence-electron chi connectivity index (χ3n) is 4.84. The molecule has 1 N–H and O–H groups in total. The van der Waals surface area contributed by atoms with Gasteiger partial charge in [-0.3, -0.25) is 4.90 Å². The van der Waals surface area contributed by atoms with Crippen molar-refractivity contribution in [1.82, 2.24) is 4.90 Å². The molecule has 114 valence electrons. The molecule has 1 aliphatic heterocycles. The van der Waals surface area contributed by atoms with Gasteiger partial charge in [-0.25, -0.2) is 0 Å². The number of rotatable bonds is 3. The molecule has 2 nitrogen and oxygen atoms in total. The molecular weight excluding hydrogens is 278 g/mol. The zero-order valence-electron chi connectivity index (χ0n) is 12.7. The number of likely N-dealkylation sites (tertiary alicyclic amines) is 1. The number of fused-ring (bicyclic) bond motifs is 1. The molecule has 1 saturated carbocycles. The first-order chi connectivity index (χ1) is 10.4. The van der Waals surface area contributed by atoms with Crippen LogP contribution in [0.4, 0.5) is 0 Å². The summed E-state index contributed by atoms with van der Waals surface area (Å²) < 4.78 is 0. The van der Waals surface area contributed by atoms with E-state index in [2.05, 4.69) is 28.2 Å². The fourth-order valence-electron chi connectivity index (χ4n) is 3.87. The molecule has 0 amide bonds. The number of aliphatic hydroxyl groups is 1. The van der Waals surface area contributed by atoms with Gasteiger partial charge in [0.1, 0.15) is 0 Å². The zero-order valence-corrected chi connectivity index (χ0v) is 13.5. The Morgan fingerprint density at radius 1 is 1.24 bits per heavy atom. The van der Waals surface area contributed by atoms with E-state index in [1.165, 1.54) is 49.9 Å². The molecule has 0 bridgehead atoms. The summed E-state index contributed by atoms with van der Waals surface area (Å²) >= 11 is 1.83.